The van der Waals surface area contributed by atoms with Crippen LogP contribution in [0, 0.1) is 18.3 Å². The van der Waals surface area contributed by atoms with E-state index in [1.165, 1.54) is 0 Å². The molecule has 1 aromatic heterocycles. The van der Waals surface area contributed by atoms with Gasteiger partial charge in [0, 0.05) is 24.1 Å². The van der Waals surface area contributed by atoms with Crippen molar-refractivity contribution in [2.24, 2.45) is 5.84 Å². The van der Waals surface area contributed by atoms with Crippen molar-refractivity contribution in [3.8, 4) is 6.07 Å². The average molecular weight is 274 g/mol. The van der Waals surface area contributed by atoms with E-state index in [1.54, 1.807) is 0 Å². The van der Waals surface area contributed by atoms with Crippen molar-refractivity contribution in [3.63, 3.8) is 0 Å². The van der Waals surface area contributed by atoms with Gasteiger partial charge in [0.25, 0.3) is 0 Å². The number of rotatable bonds is 6. The summed E-state index contributed by atoms with van der Waals surface area (Å²) >= 11 is 0. The molecule has 1 aromatic rings. The monoisotopic (exact) mass is 274 g/mol. The van der Waals surface area contributed by atoms with Gasteiger partial charge in [-0.25, -0.2) is 15.8 Å². The van der Waals surface area contributed by atoms with Gasteiger partial charge in [-0.05, 0) is 33.6 Å². The predicted octanol–water partition coefficient (Wildman–Crippen LogP) is 2.08. The molecule has 2 rings (SSSR count). The predicted molar refractivity (Wildman–Crippen MR) is 79.3 cm³/mol. The second-order valence-electron chi connectivity index (χ2n) is 5.49. The highest BCUT2D eigenvalue weighted by atomic mass is 15.3. The van der Waals surface area contributed by atoms with Gasteiger partial charge in [0.2, 0.25) is 0 Å². The molecular weight excluding hydrogens is 252 g/mol. The number of nitrogens with zero attached hydrogens (tertiary/aromatic N) is 4. The second kappa shape index (κ2) is 6.06. The maximum Gasteiger partial charge on any atom is 0.148 e. The van der Waals surface area contributed by atoms with Crippen LogP contribution in [0.1, 0.15) is 50.4 Å². The number of aromatic nitrogens is 2. The molecule has 0 amide bonds. The first-order valence-electron chi connectivity index (χ1n) is 7.07. The summed E-state index contributed by atoms with van der Waals surface area (Å²) in [5, 5.41) is 8.82. The summed E-state index contributed by atoms with van der Waals surface area (Å²) < 4.78 is 0. The molecule has 0 radical (unpaired) electrons. The molecule has 0 spiro atoms. The molecule has 0 aromatic carbocycles. The first kappa shape index (κ1) is 14.5. The minimum absolute atomic E-state index is 0.273. The zero-order valence-electron chi connectivity index (χ0n) is 12.3. The average Bonchev–Trinajstić information content (AvgIpc) is 3.25. The number of nitrogen functional groups attached to an aromatic ring is 1. The zero-order chi connectivity index (χ0) is 14.7. The van der Waals surface area contributed by atoms with Crippen LogP contribution in [0.15, 0.2) is 0 Å². The SMILES string of the molecule is Cc1c(NN)nc(C2CC2)nc1N(CCC#N)C(C)C. The number of hydrazine groups is 1. The molecular formula is C14H22N6. The molecule has 20 heavy (non-hydrogen) atoms. The number of nitrogens with two attached hydrogens (primary N) is 1. The van der Waals surface area contributed by atoms with Crippen molar-refractivity contribution >= 4 is 11.6 Å². The van der Waals surface area contributed by atoms with Crippen molar-refractivity contribution < 1.29 is 0 Å². The number of anilines is 2. The van der Waals surface area contributed by atoms with Gasteiger partial charge in [-0.1, -0.05) is 0 Å². The van der Waals surface area contributed by atoms with E-state index in [2.05, 4.69) is 35.2 Å². The second-order valence-corrected chi connectivity index (χ2v) is 5.49. The number of nitriles is 1. The van der Waals surface area contributed by atoms with Gasteiger partial charge in [0.15, 0.2) is 0 Å². The number of hydrogen-bond donors (Lipinski definition) is 2. The third-order valence-corrected chi connectivity index (χ3v) is 3.58. The molecule has 1 fully saturated rings. The fourth-order valence-corrected chi connectivity index (χ4v) is 2.25. The zero-order valence-corrected chi connectivity index (χ0v) is 12.3. The van der Waals surface area contributed by atoms with E-state index in [0.29, 0.717) is 24.7 Å². The number of nitrogens with one attached hydrogen (secondary N) is 1. The lowest BCUT2D eigenvalue weighted by molar-refractivity contribution is 0.669. The summed E-state index contributed by atoms with van der Waals surface area (Å²) in [7, 11) is 0. The summed E-state index contributed by atoms with van der Waals surface area (Å²) in [4.78, 5) is 11.4. The Hall–Kier alpha value is -1.87. The van der Waals surface area contributed by atoms with E-state index in [4.69, 9.17) is 16.1 Å². The van der Waals surface area contributed by atoms with Gasteiger partial charge in [0.1, 0.15) is 17.5 Å². The van der Waals surface area contributed by atoms with E-state index in [0.717, 1.165) is 30.0 Å². The Morgan fingerprint density at radius 3 is 2.65 bits per heavy atom. The van der Waals surface area contributed by atoms with E-state index in [-0.39, 0.29) is 6.04 Å². The Balaban J connectivity index is 2.41. The Morgan fingerprint density at radius 1 is 1.45 bits per heavy atom. The van der Waals surface area contributed by atoms with Gasteiger partial charge < -0.3 is 10.3 Å². The summed E-state index contributed by atoms with van der Waals surface area (Å²) in [5.74, 6) is 8.47. The van der Waals surface area contributed by atoms with Crippen LogP contribution in [0.2, 0.25) is 0 Å². The highest BCUT2D eigenvalue weighted by Gasteiger charge is 2.29. The van der Waals surface area contributed by atoms with E-state index in [1.807, 2.05) is 6.92 Å². The van der Waals surface area contributed by atoms with Crippen molar-refractivity contribution in [2.75, 3.05) is 16.9 Å². The summed E-state index contributed by atoms with van der Waals surface area (Å²) in [5.41, 5.74) is 3.60. The van der Waals surface area contributed by atoms with Crippen LogP contribution in [0.25, 0.3) is 0 Å². The molecule has 0 atom stereocenters. The maximum atomic E-state index is 8.82. The highest BCUT2D eigenvalue weighted by molar-refractivity contribution is 5.59. The Kier molecular flexibility index (Phi) is 4.40. The summed E-state index contributed by atoms with van der Waals surface area (Å²) in [6.45, 7) is 6.83. The fourth-order valence-electron chi connectivity index (χ4n) is 2.25. The lowest BCUT2D eigenvalue weighted by atomic mass is 10.2. The van der Waals surface area contributed by atoms with Gasteiger partial charge in [-0.2, -0.15) is 5.26 Å². The smallest absolute Gasteiger partial charge is 0.148 e. The molecule has 6 heteroatoms. The molecule has 6 nitrogen and oxygen atoms in total. The van der Waals surface area contributed by atoms with Crippen molar-refractivity contribution in [2.45, 2.75) is 52.0 Å². The van der Waals surface area contributed by atoms with Crippen LogP contribution in [0.3, 0.4) is 0 Å². The molecule has 0 bridgehead atoms. The van der Waals surface area contributed by atoms with E-state index < -0.39 is 0 Å². The van der Waals surface area contributed by atoms with Crippen molar-refractivity contribution in [3.05, 3.63) is 11.4 Å². The Morgan fingerprint density at radius 2 is 2.15 bits per heavy atom. The molecule has 1 aliphatic rings. The van der Waals surface area contributed by atoms with Gasteiger partial charge in [-0.15, -0.1) is 0 Å². The highest BCUT2D eigenvalue weighted by Crippen LogP contribution is 2.40. The van der Waals surface area contributed by atoms with E-state index >= 15 is 0 Å². The van der Waals surface area contributed by atoms with Crippen molar-refractivity contribution in [1.29, 1.82) is 5.26 Å². The molecule has 3 N–H and O–H groups in total. The molecule has 0 unspecified atom stereocenters. The van der Waals surface area contributed by atoms with Crippen LogP contribution in [0.4, 0.5) is 11.6 Å². The largest absolute Gasteiger partial charge is 0.353 e. The first-order valence-corrected chi connectivity index (χ1v) is 7.07. The Labute approximate surface area is 120 Å². The topological polar surface area (TPSA) is 90.9 Å². The minimum atomic E-state index is 0.273. The Bertz CT molecular complexity index is 515. The summed E-state index contributed by atoms with van der Waals surface area (Å²) in [6, 6.07) is 2.47. The first-order chi connectivity index (χ1) is 9.58. The van der Waals surface area contributed by atoms with Gasteiger partial charge in [0.05, 0.1) is 12.5 Å². The fraction of sp³-hybridized carbons (Fsp3) is 0.643. The lowest BCUT2D eigenvalue weighted by Gasteiger charge is -2.29. The maximum absolute atomic E-state index is 8.82. The van der Waals surface area contributed by atoms with Crippen LogP contribution < -0.4 is 16.2 Å². The third-order valence-electron chi connectivity index (χ3n) is 3.58. The minimum Gasteiger partial charge on any atom is -0.353 e. The molecule has 1 heterocycles. The van der Waals surface area contributed by atoms with Crippen LogP contribution in [0.5, 0.6) is 0 Å². The quantitative estimate of drug-likeness (QED) is 0.609. The van der Waals surface area contributed by atoms with E-state index in [9.17, 15) is 0 Å². The third kappa shape index (κ3) is 2.99. The molecule has 0 aliphatic heterocycles. The normalized spacial score (nSPS) is 14.2. The van der Waals surface area contributed by atoms with Gasteiger partial charge in [-0.3, -0.25) is 0 Å². The molecule has 0 saturated heterocycles. The summed E-state index contributed by atoms with van der Waals surface area (Å²) in [6.07, 6.45) is 2.77. The van der Waals surface area contributed by atoms with Gasteiger partial charge >= 0.3 is 0 Å². The van der Waals surface area contributed by atoms with Crippen molar-refractivity contribution in [1.82, 2.24) is 9.97 Å². The molecule has 1 saturated carbocycles. The lowest BCUT2D eigenvalue weighted by Crippen LogP contribution is -2.33. The molecule has 108 valence electrons. The molecule has 1 aliphatic carbocycles. The number of hydrogen-bond acceptors (Lipinski definition) is 6. The standard InChI is InChI=1S/C14H22N6/c1-9(2)20(8-4-7-15)14-10(3)12(19-16)17-13(18-14)11-5-6-11/h9,11H,4-6,8,16H2,1-3H3,(H,17,18,19). The van der Waals surface area contributed by atoms with Crippen LogP contribution in [-0.4, -0.2) is 22.6 Å². The van der Waals surface area contributed by atoms with Crippen LogP contribution >= 0.6 is 0 Å². The van der Waals surface area contributed by atoms with Crippen LogP contribution in [-0.2, 0) is 0 Å².